The Bertz CT molecular complexity index is 918. The van der Waals surface area contributed by atoms with Crippen LogP contribution in [-0.2, 0) is 7.05 Å². The molecule has 2 aliphatic heterocycles. The lowest BCUT2D eigenvalue weighted by atomic mass is 9.94. The number of carbonyl (C=O) groups is 1. The SMILES string of the molecule is CC(C)[C@@H]1C[C@H](C(F)(F)F)n2nc([C@@H]3CCCCN3C(=O)c3ccnn3C)cc2N1. The molecule has 0 bridgehead atoms. The maximum Gasteiger partial charge on any atom is 0.410 e. The number of anilines is 1. The van der Waals surface area contributed by atoms with Crippen LogP contribution in [0.3, 0.4) is 0 Å². The summed E-state index contributed by atoms with van der Waals surface area (Å²) in [5, 5.41) is 11.7. The van der Waals surface area contributed by atoms with Crippen molar-refractivity contribution in [3.63, 3.8) is 0 Å². The molecular formula is C20H27F3N6O. The fraction of sp³-hybridized carbons (Fsp3) is 0.650. The van der Waals surface area contributed by atoms with Crippen molar-refractivity contribution in [2.24, 2.45) is 13.0 Å². The molecule has 10 heteroatoms. The Kier molecular flexibility index (Phi) is 5.27. The molecule has 164 valence electrons. The van der Waals surface area contributed by atoms with Crippen LogP contribution in [0.15, 0.2) is 18.3 Å². The summed E-state index contributed by atoms with van der Waals surface area (Å²) in [6.45, 7) is 4.36. The maximum absolute atomic E-state index is 13.8. The van der Waals surface area contributed by atoms with Crippen molar-refractivity contribution in [1.29, 1.82) is 0 Å². The number of aryl methyl sites for hydroxylation is 1. The van der Waals surface area contributed by atoms with Crippen molar-refractivity contribution in [1.82, 2.24) is 24.5 Å². The standard InChI is InChI=1S/C20H27F3N6O/c1-12(2)13-10-17(20(21,22)23)29-18(25-13)11-14(26-29)15-6-4-5-9-28(15)19(30)16-7-8-24-27(16)3/h7-8,11-13,15,17,25H,4-6,9-10H2,1-3H3/t13-,15-,17+/m0/s1. The lowest BCUT2D eigenvalue weighted by Gasteiger charge is -2.35. The van der Waals surface area contributed by atoms with Crippen LogP contribution in [0.5, 0.6) is 0 Å². The summed E-state index contributed by atoms with van der Waals surface area (Å²) < 4.78 is 43.9. The smallest absolute Gasteiger partial charge is 0.367 e. The number of hydrogen-bond donors (Lipinski definition) is 1. The lowest BCUT2D eigenvalue weighted by Crippen LogP contribution is -2.41. The Labute approximate surface area is 173 Å². The molecule has 0 aromatic carbocycles. The highest BCUT2D eigenvalue weighted by molar-refractivity contribution is 5.92. The van der Waals surface area contributed by atoms with Gasteiger partial charge >= 0.3 is 6.18 Å². The van der Waals surface area contributed by atoms with Gasteiger partial charge in [-0.15, -0.1) is 0 Å². The number of piperidine rings is 1. The lowest BCUT2D eigenvalue weighted by molar-refractivity contribution is -0.174. The number of rotatable bonds is 3. The predicted octanol–water partition coefficient (Wildman–Crippen LogP) is 3.93. The van der Waals surface area contributed by atoms with Crippen LogP contribution in [0.2, 0.25) is 0 Å². The number of fused-ring (bicyclic) bond motifs is 1. The van der Waals surface area contributed by atoms with Gasteiger partial charge in [-0.25, -0.2) is 4.68 Å². The average molecular weight is 424 g/mol. The molecule has 1 saturated heterocycles. The van der Waals surface area contributed by atoms with Crippen LogP contribution < -0.4 is 5.32 Å². The number of hydrogen-bond acceptors (Lipinski definition) is 4. The van der Waals surface area contributed by atoms with Gasteiger partial charge in [-0.05, 0) is 37.7 Å². The minimum absolute atomic E-state index is 0.0551. The van der Waals surface area contributed by atoms with E-state index in [1.807, 2.05) is 13.8 Å². The van der Waals surface area contributed by atoms with E-state index in [-0.39, 0.29) is 30.3 Å². The molecule has 1 N–H and O–H groups in total. The Morgan fingerprint density at radius 3 is 2.70 bits per heavy atom. The van der Waals surface area contributed by atoms with Gasteiger partial charge in [0.25, 0.3) is 5.91 Å². The van der Waals surface area contributed by atoms with Crippen molar-refractivity contribution >= 4 is 11.7 Å². The number of aromatic nitrogens is 4. The largest absolute Gasteiger partial charge is 0.410 e. The van der Waals surface area contributed by atoms with Crippen molar-refractivity contribution in [2.75, 3.05) is 11.9 Å². The number of alkyl halides is 3. The Morgan fingerprint density at radius 1 is 1.30 bits per heavy atom. The number of halogens is 3. The summed E-state index contributed by atoms with van der Waals surface area (Å²) in [5.41, 5.74) is 0.961. The first-order valence-corrected chi connectivity index (χ1v) is 10.4. The van der Waals surface area contributed by atoms with Gasteiger partial charge < -0.3 is 10.2 Å². The van der Waals surface area contributed by atoms with Crippen LogP contribution in [-0.4, -0.2) is 49.1 Å². The summed E-state index contributed by atoms with van der Waals surface area (Å²) in [6.07, 6.45) is -0.462. The molecule has 0 radical (unpaired) electrons. The molecule has 2 aliphatic rings. The van der Waals surface area contributed by atoms with Crippen LogP contribution >= 0.6 is 0 Å². The summed E-state index contributed by atoms with van der Waals surface area (Å²) in [5.74, 6) is 0.251. The zero-order valence-corrected chi connectivity index (χ0v) is 17.4. The molecule has 2 aromatic rings. The van der Waals surface area contributed by atoms with E-state index in [9.17, 15) is 18.0 Å². The van der Waals surface area contributed by atoms with E-state index in [2.05, 4.69) is 15.5 Å². The maximum atomic E-state index is 13.8. The highest BCUT2D eigenvalue weighted by atomic mass is 19.4. The van der Waals surface area contributed by atoms with Gasteiger partial charge in [0.2, 0.25) is 0 Å². The number of amides is 1. The molecular weight excluding hydrogens is 397 g/mol. The number of nitrogens with one attached hydrogen (secondary N) is 1. The highest BCUT2D eigenvalue weighted by Crippen LogP contribution is 2.42. The summed E-state index contributed by atoms with van der Waals surface area (Å²) in [4.78, 5) is 14.8. The van der Waals surface area contributed by atoms with Crippen LogP contribution in [0.25, 0.3) is 0 Å². The zero-order chi connectivity index (χ0) is 21.6. The molecule has 4 rings (SSSR count). The first kappa shape index (κ1) is 20.7. The van der Waals surface area contributed by atoms with E-state index in [4.69, 9.17) is 0 Å². The van der Waals surface area contributed by atoms with Crippen molar-refractivity contribution in [3.05, 3.63) is 29.7 Å². The fourth-order valence-electron chi connectivity index (χ4n) is 4.43. The Hall–Kier alpha value is -2.52. The first-order valence-electron chi connectivity index (χ1n) is 10.4. The van der Waals surface area contributed by atoms with Gasteiger partial charge in [0.05, 0.1) is 11.7 Å². The van der Waals surface area contributed by atoms with E-state index < -0.39 is 12.2 Å². The summed E-state index contributed by atoms with van der Waals surface area (Å²) in [6, 6.07) is 1.03. The van der Waals surface area contributed by atoms with E-state index in [0.717, 1.165) is 17.5 Å². The van der Waals surface area contributed by atoms with Gasteiger partial charge in [0, 0.05) is 31.9 Å². The predicted molar refractivity (Wildman–Crippen MR) is 105 cm³/mol. The molecule has 2 aromatic heterocycles. The third-order valence-corrected chi connectivity index (χ3v) is 6.19. The second kappa shape index (κ2) is 7.63. The monoisotopic (exact) mass is 424 g/mol. The normalized spacial score (nSPS) is 24.6. The molecule has 1 fully saturated rings. The van der Waals surface area contributed by atoms with Crippen molar-refractivity contribution in [3.8, 4) is 0 Å². The van der Waals surface area contributed by atoms with Gasteiger partial charge in [0.15, 0.2) is 6.04 Å². The minimum atomic E-state index is -4.38. The van der Waals surface area contributed by atoms with E-state index in [0.29, 0.717) is 30.2 Å². The number of carbonyl (C=O) groups excluding carboxylic acids is 1. The zero-order valence-electron chi connectivity index (χ0n) is 17.4. The van der Waals surface area contributed by atoms with Gasteiger partial charge in [-0.3, -0.25) is 9.48 Å². The molecule has 0 saturated carbocycles. The topological polar surface area (TPSA) is 68.0 Å². The number of nitrogens with zero attached hydrogens (tertiary/aromatic N) is 5. The average Bonchev–Trinajstić information content (AvgIpc) is 3.31. The molecule has 30 heavy (non-hydrogen) atoms. The molecule has 4 heterocycles. The minimum Gasteiger partial charge on any atom is -0.367 e. The van der Waals surface area contributed by atoms with E-state index >= 15 is 0 Å². The molecule has 0 spiro atoms. The third-order valence-electron chi connectivity index (χ3n) is 6.19. The third kappa shape index (κ3) is 3.67. The van der Waals surface area contributed by atoms with Gasteiger partial charge in [-0.2, -0.15) is 23.4 Å². The molecule has 7 nitrogen and oxygen atoms in total. The molecule has 0 aliphatic carbocycles. The van der Waals surface area contributed by atoms with Crippen LogP contribution in [0.4, 0.5) is 19.0 Å². The Balaban J connectivity index is 1.68. The van der Waals surface area contributed by atoms with Crippen LogP contribution in [0.1, 0.15) is 67.8 Å². The van der Waals surface area contributed by atoms with Gasteiger partial charge in [-0.1, -0.05) is 13.8 Å². The highest BCUT2D eigenvalue weighted by Gasteiger charge is 2.47. The molecule has 0 unspecified atom stereocenters. The van der Waals surface area contributed by atoms with E-state index in [1.54, 1.807) is 30.3 Å². The van der Waals surface area contributed by atoms with Crippen molar-refractivity contribution in [2.45, 2.75) is 63.8 Å². The number of likely N-dealkylation sites (tertiary alicyclic amines) is 1. The quantitative estimate of drug-likeness (QED) is 0.811. The molecule has 3 atom stereocenters. The second-order valence-electron chi connectivity index (χ2n) is 8.54. The van der Waals surface area contributed by atoms with Gasteiger partial charge in [0.1, 0.15) is 11.5 Å². The van der Waals surface area contributed by atoms with Crippen molar-refractivity contribution < 1.29 is 18.0 Å². The first-order chi connectivity index (χ1) is 14.2. The Morgan fingerprint density at radius 2 is 2.07 bits per heavy atom. The van der Waals surface area contributed by atoms with E-state index in [1.165, 1.54) is 4.68 Å². The second-order valence-corrected chi connectivity index (χ2v) is 8.54. The fourth-order valence-corrected chi connectivity index (χ4v) is 4.43. The van der Waals surface area contributed by atoms with Crippen LogP contribution in [0, 0.1) is 5.92 Å². The summed E-state index contributed by atoms with van der Waals surface area (Å²) in [7, 11) is 1.70. The molecule has 1 amide bonds. The summed E-state index contributed by atoms with van der Waals surface area (Å²) >= 11 is 0.